The summed E-state index contributed by atoms with van der Waals surface area (Å²) in [6.45, 7) is 1.68. The molecule has 0 aliphatic carbocycles. The van der Waals surface area contributed by atoms with Gasteiger partial charge in [0, 0.05) is 10.7 Å². The van der Waals surface area contributed by atoms with Gasteiger partial charge < -0.3 is 10.4 Å². The van der Waals surface area contributed by atoms with Crippen molar-refractivity contribution in [1.29, 1.82) is 0 Å². The molecule has 0 saturated carbocycles. The maximum absolute atomic E-state index is 12.3. The molecule has 0 spiro atoms. The van der Waals surface area contributed by atoms with Crippen LogP contribution < -0.4 is 5.32 Å². The number of aromatic nitrogens is 3. The van der Waals surface area contributed by atoms with E-state index in [2.05, 4.69) is 15.4 Å². The van der Waals surface area contributed by atoms with E-state index in [1.54, 1.807) is 60.1 Å². The Labute approximate surface area is 143 Å². The van der Waals surface area contributed by atoms with E-state index in [9.17, 15) is 4.79 Å². The van der Waals surface area contributed by atoms with Crippen LogP contribution in [-0.2, 0) is 6.61 Å². The summed E-state index contributed by atoms with van der Waals surface area (Å²) in [7, 11) is 0. The van der Waals surface area contributed by atoms with E-state index in [0.29, 0.717) is 22.1 Å². The van der Waals surface area contributed by atoms with Crippen molar-refractivity contribution in [2.24, 2.45) is 0 Å². The monoisotopic (exact) mass is 342 g/mol. The molecule has 24 heavy (non-hydrogen) atoms. The van der Waals surface area contributed by atoms with Crippen LogP contribution in [0.5, 0.6) is 0 Å². The molecule has 0 fully saturated rings. The first kappa shape index (κ1) is 16.2. The van der Waals surface area contributed by atoms with Crippen LogP contribution in [0.25, 0.3) is 5.69 Å². The number of carbonyl (C=O) groups is 1. The molecule has 0 atom stereocenters. The van der Waals surface area contributed by atoms with Crippen molar-refractivity contribution in [2.75, 3.05) is 5.32 Å². The van der Waals surface area contributed by atoms with Crippen LogP contribution >= 0.6 is 11.6 Å². The number of aliphatic hydroxyl groups is 1. The highest BCUT2D eigenvalue weighted by atomic mass is 35.5. The third kappa shape index (κ3) is 3.45. The molecule has 6 nitrogen and oxygen atoms in total. The summed E-state index contributed by atoms with van der Waals surface area (Å²) in [5, 5.41) is 16.7. The summed E-state index contributed by atoms with van der Waals surface area (Å²) < 4.78 is 1.58. The van der Waals surface area contributed by atoms with Crippen molar-refractivity contribution >= 4 is 23.2 Å². The van der Waals surface area contributed by atoms with Crippen LogP contribution in [0.15, 0.2) is 48.5 Å². The van der Waals surface area contributed by atoms with Crippen molar-refractivity contribution in [2.45, 2.75) is 13.5 Å². The Morgan fingerprint density at radius 1 is 1.25 bits per heavy atom. The number of nitrogens with one attached hydrogen (secondary N) is 1. The largest absolute Gasteiger partial charge is 0.392 e. The number of benzene rings is 2. The lowest BCUT2D eigenvalue weighted by molar-refractivity contribution is 0.101. The number of nitrogens with zero attached hydrogens (tertiary/aromatic N) is 3. The van der Waals surface area contributed by atoms with Crippen molar-refractivity contribution in [3.8, 4) is 5.69 Å². The molecule has 0 aliphatic heterocycles. The Bertz CT molecular complexity index is 875. The zero-order valence-corrected chi connectivity index (χ0v) is 13.7. The molecule has 0 aliphatic rings. The zero-order chi connectivity index (χ0) is 17.1. The molecule has 0 saturated heterocycles. The number of hydrogen-bond acceptors (Lipinski definition) is 4. The number of hydrogen-bond donors (Lipinski definition) is 2. The topological polar surface area (TPSA) is 80.0 Å². The molecule has 2 aromatic carbocycles. The molecular weight excluding hydrogens is 328 g/mol. The van der Waals surface area contributed by atoms with Gasteiger partial charge in [-0.25, -0.2) is 9.67 Å². The van der Waals surface area contributed by atoms with Gasteiger partial charge in [0.2, 0.25) is 5.82 Å². The molecule has 1 aromatic heterocycles. The summed E-state index contributed by atoms with van der Waals surface area (Å²) in [6.07, 6.45) is 0. The molecule has 1 amide bonds. The number of carbonyl (C=O) groups excluding carboxylic acids is 1. The Morgan fingerprint density at radius 2 is 2.00 bits per heavy atom. The molecular formula is C17H15ClN4O2. The number of aliphatic hydroxyl groups excluding tert-OH is 1. The summed E-state index contributed by atoms with van der Waals surface area (Å²) >= 11 is 5.88. The minimum Gasteiger partial charge on any atom is -0.392 e. The molecule has 2 N–H and O–H groups in total. The van der Waals surface area contributed by atoms with Crippen LogP contribution in [0.1, 0.15) is 22.0 Å². The zero-order valence-electron chi connectivity index (χ0n) is 12.9. The van der Waals surface area contributed by atoms with Gasteiger partial charge in [-0.2, -0.15) is 0 Å². The SMILES string of the molecule is Cc1nc(C(=O)Nc2cccc(CO)c2)nn1-c1ccc(Cl)cc1. The smallest absolute Gasteiger partial charge is 0.295 e. The van der Waals surface area contributed by atoms with Crippen molar-refractivity contribution in [1.82, 2.24) is 14.8 Å². The van der Waals surface area contributed by atoms with Crippen molar-refractivity contribution in [3.63, 3.8) is 0 Å². The fourth-order valence-corrected chi connectivity index (χ4v) is 2.37. The first-order chi connectivity index (χ1) is 11.6. The van der Waals surface area contributed by atoms with Gasteiger partial charge in [0.15, 0.2) is 0 Å². The van der Waals surface area contributed by atoms with Crippen LogP contribution in [-0.4, -0.2) is 25.8 Å². The number of aryl methyl sites for hydroxylation is 1. The molecule has 3 aromatic rings. The quantitative estimate of drug-likeness (QED) is 0.764. The molecule has 122 valence electrons. The van der Waals surface area contributed by atoms with Crippen molar-refractivity contribution < 1.29 is 9.90 Å². The minimum atomic E-state index is -0.416. The second-order valence-corrected chi connectivity index (χ2v) is 5.62. The highest BCUT2D eigenvalue weighted by Crippen LogP contribution is 2.15. The van der Waals surface area contributed by atoms with Gasteiger partial charge in [0.1, 0.15) is 5.82 Å². The van der Waals surface area contributed by atoms with Gasteiger partial charge in [0.05, 0.1) is 12.3 Å². The van der Waals surface area contributed by atoms with E-state index < -0.39 is 5.91 Å². The molecule has 0 radical (unpaired) electrons. The maximum Gasteiger partial charge on any atom is 0.295 e. The lowest BCUT2D eigenvalue weighted by atomic mass is 10.2. The maximum atomic E-state index is 12.3. The van der Waals surface area contributed by atoms with E-state index >= 15 is 0 Å². The number of anilines is 1. The van der Waals surface area contributed by atoms with E-state index in [0.717, 1.165) is 5.69 Å². The summed E-state index contributed by atoms with van der Waals surface area (Å²) in [6, 6.07) is 14.1. The normalized spacial score (nSPS) is 10.6. The standard InChI is InChI=1S/C17H15ClN4O2/c1-11-19-16(21-22(11)15-7-5-13(18)6-8-15)17(24)20-14-4-2-3-12(9-14)10-23/h2-9,23H,10H2,1H3,(H,20,24). The Morgan fingerprint density at radius 3 is 2.71 bits per heavy atom. The summed E-state index contributed by atoms with van der Waals surface area (Å²) in [4.78, 5) is 16.5. The lowest BCUT2D eigenvalue weighted by Gasteiger charge is -2.04. The number of rotatable bonds is 4. The Kier molecular flexibility index (Phi) is 4.59. The van der Waals surface area contributed by atoms with Gasteiger partial charge in [-0.1, -0.05) is 23.7 Å². The van der Waals surface area contributed by atoms with Gasteiger partial charge in [-0.15, -0.1) is 5.10 Å². The first-order valence-electron chi connectivity index (χ1n) is 7.27. The number of halogens is 1. The van der Waals surface area contributed by atoms with Crippen molar-refractivity contribution in [3.05, 3.63) is 70.8 Å². The first-order valence-corrected chi connectivity index (χ1v) is 7.65. The van der Waals surface area contributed by atoms with E-state index in [-0.39, 0.29) is 12.4 Å². The van der Waals surface area contributed by atoms with Gasteiger partial charge in [-0.3, -0.25) is 4.79 Å². The van der Waals surface area contributed by atoms with Gasteiger partial charge in [-0.05, 0) is 48.9 Å². The Hall–Kier alpha value is -2.70. The highest BCUT2D eigenvalue weighted by Gasteiger charge is 2.15. The van der Waals surface area contributed by atoms with Crippen LogP contribution in [0.3, 0.4) is 0 Å². The fourth-order valence-electron chi connectivity index (χ4n) is 2.25. The second-order valence-electron chi connectivity index (χ2n) is 5.18. The third-order valence-electron chi connectivity index (χ3n) is 3.41. The Balaban J connectivity index is 1.83. The second kappa shape index (κ2) is 6.82. The average Bonchev–Trinajstić information content (AvgIpc) is 2.98. The highest BCUT2D eigenvalue weighted by molar-refractivity contribution is 6.30. The molecule has 0 unspecified atom stereocenters. The average molecular weight is 343 g/mol. The third-order valence-corrected chi connectivity index (χ3v) is 3.66. The fraction of sp³-hybridized carbons (Fsp3) is 0.118. The summed E-state index contributed by atoms with van der Waals surface area (Å²) in [5.74, 6) is 0.240. The molecule has 1 heterocycles. The van der Waals surface area contributed by atoms with Crippen LogP contribution in [0.4, 0.5) is 5.69 Å². The van der Waals surface area contributed by atoms with Gasteiger partial charge >= 0.3 is 0 Å². The van der Waals surface area contributed by atoms with E-state index in [1.807, 2.05) is 0 Å². The predicted molar refractivity (Wildman–Crippen MR) is 91.4 cm³/mol. The van der Waals surface area contributed by atoms with Crippen LogP contribution in [0.2, 0.25) is 5.02 Å². The summed E-state index contributed by atoms with van der Waals surface area (Å²) in [5.41, 5.74) is 2.06. The molecule has 7 heteroatoms. The molecule has 3 rings (SSSR count). The lowest BCUT2D eigenvalue weighted by Crippen LogP contribution is -2.14. The molecule has 0 bridgehead atoms. The van der Waals surface area contributed by atoms with Crippen LogP contribution in [0, 0.1) is 6.92 Å². The predicted octanol–water partition coefficient (Wildman–Crippen LogP) is 2.97. The minimum absolute atomic E-state index is 0.0665. The van der Waals surface area contributed by atoms with Gasteiger partial charge in [0.25, 0.3) is 5.91 Å². The number of amides is 1. The van der Waals surface area contributed by atoms with E-state index in [4.69, 9.17) is 16.7 Å². The van der Waals surface area contributed by atoms with E-state index in [1.165, 1.54) is 0 Å².